The van der Waals surface area contributed by atoms with Crippen LogP contribution in [0.1, 0.15) is 39.5 Å². The van der Waals surface area contributed by atoms with Gasteiger partial charge in [-0.2, -0.15) is 0 Å². The highest BCUT2D eigenvalue weighted by Crippen LogP contribution is 2.11. The molecule has 86 valence electrons. The van der Waals surface area contributed by atoms with E-state index in [-0.39, 0.29) is 6.61 Å². The van der Waals surface area contributed by atoms with Crippen molar-refractivity contribution in [3.8, 4) is 0 Å². The van der Waals surface area contributed by atoms with Crippen molar-refractivity contribution in [3.05, 3.63) is 0 Å². The first kappa shape index (κ1) is 13.9. The van der Waals surface area contributed by atoms with Crippen molar-refractivity contribution in [3.63, 3.8) is 0 Å². The molecule has 0 aromatic carbocycles. The van der Waals surface area contributed by atoms with Crippen LogP contribution in [-0.4, -0.2) is 37.6 Å². The van der Waals surface area contributed by atoms with Crippen LogP contribution in [0, 0.1) is 0 Å². The molecule has 0 bridgehead atoms. The Hall–Kier alpha value is -0.120. The van der Waals surface area contributed by atoms with Crippen molar-refractivity contribution in [2.45, 2.75) is 45.6 Å². The largest absolute Gasteiger partial charge is 0.397 e. The second kappa shape index (κ2) is 11.0. The van der Waals surface area contributed by atoms with Crippen LogP contribution in [0.15, 0.2) is 0 Å². The molecule has 3 heteroatoms. The third-order valence-electron chi connectivity index (χ3n) is 1.97. The monoisotopic (exact) mass is 204 g/mol. The normalized spacial score (nSPS) is 20.4. The molecule has 3 nitrogen and oxygen atoms in total. The van der Waals surface area contributed by atoms with E-state index in [0.717, 1.165) is 19.8 Å². The molecule has 1 fully saturated rings. The van der Waals surface area contributed by atoms with Crippen LogP contribution < -0.4 is 0 Å². The smallest absolute Gasteiger partial charge is 0.0809 e. The number of ether oxygens (including phenoxy) is 2. The van der Waals surface area contributed by atoms with E-state index in [1.54, 1.807) is 6.92 Å². The molecular formula is C11H24O3. The first-order valence-electron chi connectivity index (χ1n) is 5.65. The molecule has 0 aliphatic carbocycles. The maximum atomic E-state index is 7.57. The van der Waals surface area contributed by atoms with Crippen LogP contribution >= 0.6 is 0 Å². The summed E-state index contributed by atoms with van der Waals surface area (Å²) in [5.41, 5.74) is 0. The fraction of sp³-hybridized carbons (Fsp3) is 1.00. The summed E-state index contributed by atoms with van der Waals surface area (Å²) in [7, 11) is 0. The van der Waals surface area contributed by atoms with Gasteiger partial charge >= 0.3 is 0 Å². The highest BCUT2D eigenvalue weighted by molar-refractivity contribution is 4.63. The Kier molecular flexibility index (Phi) is 10.9. The van der Waals surface area contributed by atoms with Gasteiger partial charge in [0.25, 0.3) is 0 Å². The number of unbranched alkanes of at least 4 members (excludes halogenated alkanes) is 1. The van der Waals surface area contributed by atoms with Gasteiger partial charge in [0, 0.05) is 19.8 Å². The molecule has 1 saturated heterocycles. The second-order valence-corrected chi connectivity index (χ2v) is 3.38. The molecule has 14 heavy (non-hydrogen) atoms. The summed E-state index contributed by atoms with van der Waals surface area (Å²) >= 11 is 0. The van der Waals surface area contributed by atoms with E-state index in [1.807, 2.05) is 0 Å². The minimum atomic E-state index is 0.250. The van der Waals surface area contributed by atoms with E-state index < -0.39 is 0 Å². The van der Waals surface area contributed by atoms with Gasteiger partial charge in [-0.1, -0.05) is 13.3 Å². The molecule has 1 N–H and O–H groups in total. The topological polar surface area (TPSA) is 38.7 Å². The van der Waals surface area contributed by atoms with Gasteiger partial charge in [0.05, 0.1) is 12.7 Å². The van der Waals surface area contributed by atoms with E-state index in [4.69, 9.17) is 14.6 Å². The van der Waals surface area contributed by atoms with Gasteiger partial charge in [0.2, 0.25) is 0 Å². The van der Waals surface area contributed by atoms with Crippen LogP contribution in [0.25, 0.3) is 0 Å². The van der Waals surface area contributed by atoms with Crippen molar-refractivity contribution < 1.29 is 14.6 Å². The van der Waals surface area contributed by atoms with Crippen LogP contribution in [-0.2, 0) is 9.47 Å². The lowest BCUT2D eigenvalue weighted by Crippen LogP contribution is -2.14. The summed E-state index contributed by atoms with van der Waals surface area (Å²) in [5.74, 6) is 0. The van der Waals surface area contributed by atoms with Crippen LogP contribution in [0.5, 0.6) is 0 Å². The molecule has 0 aromatic rings. The first-order valence-corrected chi connectivity index (χ1v) is 5.65. The van der Waals surface area contributed by atoms with E-state index in [0.29, 0.717) is 6.10 Å². The number of aliphatic hydroxyl groups is 1. The molecule has 0 radical (unpaired) electrons. The summed E-state index contributed by atoms with van der Waals surface area (Å²) < 4.78 is 10.8. The van der Waals surface area contributed by atoms with E-state index in [9.17, 15) is 0 Å². The maximum absolute atomic E-state index is 7.57. The van der Waals surface area contributed by atoms with Crippen LogP contribution in [0.4, 0.5) is 0 Å². The van der Waals surface area contributed by atoms with E-state index in [2.05, 4.69) is 6.92 Å². The van der Waals surface area contributed by atoms with Gasteiger partial charge in [-0.05, 0) is 26.2 Å². The molecule has 0 aromatic heterocycles. The molecule has 0 amide bonds. The van der Waals surface area contributed by atoms with Crippen LogP contribution in [0.3, 0.4) is 0 Å². The van der Waals surface area contributed by atoms with E-state index in [1.165, 1.54) is 25.7 Å². The fourth-order valence-electron chi connectivity index (χ4n) is 1.24. The average molecular weight is 204 g/mol. The zero-order valence-electron chi connectivity index (χ0n) is 9.50. The Balaban J connectivity index is 0.000000500. The minimum Gasteiger partial charge on any atom is -0.397 e. The standard InChI is InChI=1S/C9H18O2.C2H6O/c1-2-3-6-10-8-9-5-4-7-11-9;1-2-3/h9H,2-8H2,1H3;3H,2H2,1H3. The molecule has 1 rings (SSSR count). The summed E-state index contributed by atoms with van der Waals surface area (Å²) in [4.78, 5) is 0. The predicted octanol–water partition coefficient (Wildman–Crippen LogP) is 1.98. The Bertz CT molecular complexity index is 101. The SMILES string of the molecule is CCCCOCC1CCCO1.CCO. The highest BCUT2D eigenvalue weighted by Gasteiger charge is 2.14. The van der Waals surface area contributed by atoms with Gasteiger partial charge in [0.1, 0.15) is 0 Å². The number of hydrogen-bond acceptors (Lipinski definition) is 3. The van der Waals surface area contributed by atoms with Crippen molar-refractivity contribution in [1.82, 2.24) is 0 Å². The molecular weight excluding hydrogens is 180 g/mol. The third-order valence-corrected chi connectivity index (χ3v) is 1.97. The number of hydrogen-bond donors (Lipinski definition) is 1. The molecule has 0 spiro atoms. The second-order valence-electron chi connectivity index (χ2n) is 3.38. The lowest BCUT2D eigenvalue weighted by atomic mass is 10.2. The van der Waals surface area contributed by atoms with Crippen molar-refractivity contribution in [2.24, 2.45) is 0 Å². The zero-order chi connectivity index (χ0) is 10.6. The quantitative estimate of drug-likeness (QED) is 0.696. The summed E-state index contributed by atoms with van der Waals surface area (Å²) in [6.07, 6.45) is 5.18. The minimum absolute atomic E-state index is 0.250. The van der Waals surface area contributed by atoms with Gasteiger partial charge in [-0.15, -0.1) is 0 Å². The molecule has 1 heterocycles. The summed E-state index contributed by atoms with van der Waals surface area (Å²) in [6.45, 7) is 6.74. The molecule has 1 aliphatic rings. The number of rotatable bonds is 5. The molecule has 1 unspecified atom stereocenters. The Morgan fingerprint density at radius 1 is 1.43 bits per heavy atom. The van der Waals surface area contributed by atoms with E-state index >= 15 is 0 Å². The van der Waals surface area contributed by atoms with Gasteiger partial charge in [-0.3, -0.25) is 0 Å². The highest BCUT2D eigenvalue weighted by atomic mass is 16.5. The van der Waals surface area contributed by atoms with Crippen molar-refractivity contribution >= 4 is 0 Å². The average Bonchev–Trinajstić information content (AvgIpc) is 2.66. The Morgan fingerprint density at radius 2 is 2.14 bits per heavy atom. The Labute approximate surface area is 87.4 Å². The lowest BCUT2D eigenvalue weighted by molar-refractivity contribution is 0.0164. The zero-order valence-corrected chi connectivity index (χ0v) is 9.50. The summed E-state index contributed by atoms with van der Waals surface area (Å²) in [6, 6.07) is 0. The first-order chi connectivity index (χ1) is 6.85. The summed E-state index contributed by atoms with van der Waals surface area (Å²) in [5, 5.41) is 7.57. The van der Waals surface area contributed by atoms with Crippen LogP contribution in [0.2, 0.25) is 0 Å². The third kappa shape index (κ3) is 8.48. The fourth-order valence-corrected chi connectivity index (χ4v) is 1.24. The Morgan fingerprint density at radius 3 is 2.64 bits per heavy atom. The number of aliphatic hydroxyl groups excluding tert-OH is 1. The molecule has 1 aliphatic heterocycles. The van der Waals surface area contributed by atoms with Gasteiger partial charge in [-0.25, -0.2) is 0 Å². The van der Waals surface area contributed by atoms with Gasteiger partial charge in [0.15, 0.2) is 0 Å². The molecule has 1 atom stereocenters. The van der Waals surface area contributed by atoms with Gasteiger partial charge < -0.3 is 14.6 Å². The maximum Gasteiger partial charge on any atom is 0.0809 e. The van der Waals surface area contributed by atoms with Crippen molar-refractivity contribution in [1.29, 1.82) is 0 Å². The molecule has 0 saturated carbocycles. The lowest BCUT2D eigenvalue weighted by Gasteiger charge is -2.08. The van der Waals surface area contributed by atoms with Crippen molar-refractivity contribution in [2.75, 3.05) is 26.4 Å². The predicted molar refractivity (Wildman–Crippen MR) is 57.5 cm³/mol.